The summed E-state index contributed by atoms with van der Waals surface area (Å²) in [5.41, 5.74) is 0. The monoisotopic (exact) mass is 204 g/mol. The van der Waals surface area contributed by atoms with E-state index in [4.69, 9.17) is 0 Å². The predicted molar refractivity (Wildman–Crippen MR) is 59.9 cm³/mol. The van der Waals surface area contributed by atoms with Crippen molar-refractivity contribution in [2.75, 3.05) is 11.4 Å². The molecule has 2 rings (SSSR count). The zero-order valence-corrected chi connectivity index (χ0v) is 9.02. The Morgan fingerprint density at radius 3 is 3.07 bits per heavy atom. The van der Waals surface area contributed by atoms with Crippen LogP contribution in [-0.4, -0.2) is 23.4 Å². The number of ketones is 1. The first-order valence-electron chi connectivity index (χ1n) is 5.47. The Labute approximate surface area is 90.1 Å². The van der Waals surface area contributed by atoms with E-state index in [2.05, 4.69) is 16.8 Å². The summed E-state index contributed by atoms with van der Waals surface area (Å²) in [4.78, 5) is 18.0. The van der Waals surface area contributed by atoms with Crippen molar-refractivity contribution < 1.29 is 4.79 Å². The van der Waals surface area contributed by atoms with Gasteiger partial charge in [0.1, 0.15) is 5.82 Å². The quantitative estimate of drug-likeness (QED) is 0.701. The normalized spacial score (nSPS) is 22.6. The zero-order valence-electron chi connectivity index (χ0n) is 9.02. The van der Waals surface area contributed by atoms with Crippen LogP contribution in [0.1, 0.15) is 26.2 Å². The number of anilines is 1. The topological polar surface area (TPSA) is 33.2 Å². The number of Topliss-reactive ketones (excluding diaryl/α,β-unsaturated/α-hetero) is 1. The summed E-state index contributed by atoms with van der Waals surface area (Å²) in [7, 11) is 0. The number of rotatable bonds is 1. The van der Waals surface area contributed by atoms with Crippen molar-refractivity contribution in [1.29, 1.82) is 0 Å². The molecule has 1 saturated heterocycles. The minimum atomic E-state index is 0.324. The van der Waals surface area contributed by atoms with Crippen molar-refractivity contribution in [3.05, 3.63) is 24.4 Å². The minimum Gasteiger partial charge on any atom is -0.347 e. The third-order valence-corrected chi connectivity index (χ3v) is 2.90. The van der Waals surface area contributed by atoms with Crippen LogP contribution in [-0.2, 0) is 4.79 Å². The number of hydrogen-bond donors (Lipinski definition) is 0. The van der Waals surface area contributed by atoms with E-state index >= 15 is 0 Å². The maximum atomic E-state index is 11.5. The maximum absolute atomic E-state index is 11.5. The molecule has 3 nitrogen and oxygen atoms in total. The van der Waals surface area contributed by atoms with Gasteiger partial charge in [-0.1, -0.05) is 6.07 Å². The lowest BCUT2D eigenvalue weighted by atomic mass is 10.1. The number of hydrogen-bond acceptors (Lipinski definition) is 3. The summed E-state index contributed by atoms with van der Waals surface area (Å²) in [6.07, 6.45) is 4.57. The van der Waals surface area contributed by atoms with Gasteiger partial charge in [0.15, 0.2) is 5.78 Å². The number of aromatic nitrogens is 1. The van der Waals surface area contributed by atoms with Crippen LogP contribution in [0.2, 0.25) is 0 Å². The van der Waals surface area contributed by atoms with Gasteiger partial charge in [0, 0.05) is 18.7 Å². The van der Waals surface area contributed by atoms with E-state index in [9.17, 15) is 4.79 Å². The molecule has 0 aromatic carbocycles. The number of nitrogens with zero attached hydrogens (tertiary/aromatic N) is 2. The van der Waals surface area contributed by atoms with Crippen molar-refractivity contribution >= 4 is 11.6 Å². The van der Waals surface area contributed by atoms with E-state index in [-0.39, 0.29) is 0 Å². The van der Waals surface area contributed by atoms with Crippen molar-refractivity contribution in [3.8, 4) is 0 Å². The summed E-state index contributed by atoms with van der Waals surface area (Å²) in [5.74, 6) is 1.24. The van der Waals surface area contributed by atoms with Crippen LogP contribution in [0.25, 0.3) is 0 Å². The molecule has 1 aliphatic rings. The van der Waals surface area contributed by atoms with Crippen LogP contribution >= 0.6 is 0 Å². The Morgan fingerprint density at radius 1 is 1.47 bits per heavy atom. The average Bonchev–Trinajstić information content (AvgIpc) is 2.42. The fourth-order valence-electron chi connectivity index (χ4n) is 2.01. The highest BCUT2D eigenvalue weighted by atomic mass is 16.1. The Bertz CT molecular complexity index is 337. The molecule has 80 valence electrons. The maximum Gasteiger partial charge on any atom is 0.152 e. The van der Waals surface area contributed by atoms with Gasteiger partial charge in [-0.2, -0.15) is 0 Å². The molecule has 1 aromatic rings. The molecule has 1 fully saturated rings. The molecule has 0 radical (unpaired) electrons. The van der Waals surface area contributed by atoms with Crippen molar-refractivity contribution in [1.82, 2.24) is 4.98 Å². The van der Waals surface area contributed by atoms with Crippen LogP contribution in [0.4, 0.5) is 5.82 Å². The molecule has 0 N–H and O–H groups in total. The molecule has 1 atom stereocenters. The largest absolute Gasteiger partial charge is 0.347 e. The molecule has 15 heavy (non-hydrogen) atoms. The van der Waals surface area contributed by atoms with E-state index in [0.717, 1.165) is 18.7 Å². The third kappa shape index (κ3) is 2.35. The Hall–Kier alpha value is -1.38. The van der Waals surface area contributed by atoms with Crippen LogP contribution in [0.5, 0.6) is 0 Å². The fraction of sp³-hybridized carbons (Fsp3) is 0.500. The number of carbonyl (C=O) groups is 1. The van der Waals surface area contributed by atoms with Gasteiger partial charge < -0.3 is 4.90 Å². The van der Waals surface area contributed by atoms with Crippen molar-refractivity contribution in [2.45, 2.75) is 32.2 Å². The van der Waals surface area contributed by atoms with Gasteiger partial charge in [-0.05, 0) is 31.9 Å². The zero-order chi connectivity index (χ0) is 10.7. The predicted octanol–water partition coefficient (Wildman–Crippen LogP) is 2.03. The van der Waals surface area contributed by atoms with Gasteiger partial charge in [0.2, 0.25) is 0 Å². The smallest absolute Gasteiger partial charge is 0.152 e. The molecule has 3 heteroatoms. The highest BCUT2D eigenvalue weighted by molar-refractivity contribution is 5.83. The first-order valence-corrected chi connectivity index (χ1v) is 5.47. The third-order valence-electron chi connectivity index (χ3n) is 2.90. The average molecular weight is 204 g/mol. The van der Waals surface area contributed by atoms with Gasteiger partial charge in [0.05, 0.1) is 6.54 Å². The molecule has 1 aromatic heterocycles. The van der Waals surface area contributed by atoms with Crippen LogP contribution in [0.15, 0.2) is 24.4 Å². The van der Waals surface area contributed by atoms with Gasteiger partial charge in [0.25, 0.3) is 0 Å². The van der Waals surface area contributed by atoms with Gasteiger partial charge in [-0.3, -0.25) is 4.79 Å². The molecule has 0 bridgehead atoms. The second kappa shape index (κ2) is 4.43. The first kappa shape index (κ1) is 10.1. The van der Waals surface area contributed by atoms with E-state index in [0.29, 0.717) is 24.8 Å². The van der Waals surface area contributed by atoms with Crippen molar-refractivity contribution in [2.24, 2.45) is 0 Å². The van der Waals surface area contributed by atoms with Crippen LogP contribution in [0, 0.1) is 0 Å². The molecule has 1 aliphatic heterocycles. The fourth-order valence-corrected chi connectivity index (χ4v) is 2.01. The number of carbonyl (C=O) groups excluding carboxylic acids is 1. The number of pyridine rings is 1. The van der Waals surface area contributed by atoms with Gasteiger partial charge >= 0.3 is 0 Å². The molecule has 0 spiro atoms. The molecular formula is C12H16N2O. The van der Waals surface area contributed by atoms with E-state index < -0.39 is 0 Å². The summed E-state index contributed by atoms with van der Waals surface area (Å²) >= 11 is 0. The van der Waals surface area contributed by atoms with Gasteiger partial charge in [-0.15, -0.1) is 0 Å². The summed E-state index contributed by atoms with van der Waals surface area (Å²) in [5, 5.41) is 0. The van der Waals surface area contributed by atoms with Crippen LogP contribution in [0.3, 0.4) is 0 Å². The van der Waals surface area contributed by atoms with E-state index in [1.807, 2.05) is 18.2 Å². The lowest BCUT2D eigenvalue weighted by Crippen LogP contribution is -2.35. The highest BCUT2D eigenvalue weighted by Crippen LogP contribution is 2.20. The molecular weight excluding hydrogens is 188 g/mol. The lowest BCUT2D eigenvalue weighted by molar-refractivity contribution is -0.117. The summed E-state index contributed by atoms with van der Waals surface area (Å²) in [6.45, 7) is 2.67. The molecule has 0 saturated carbocycles. The van der Waals surface area contributed by atoms with E-state index in [1.54, 1.807) is 6.20 Å². The Balaban J connectivity index is 2.21. The first-order chi connectivity index (χ1) is 7.27. The van der Waals surface area contributed by atoms with Gasteiger partial charge in [-0.25, -0.2) is 4.98 Å². The minimum absolute atomic E-state index is 0.324. The van der Waals surface area contributed by atoms with E-state index in [1.165, 1.54) is 0 Å². The standard InChI is InChI=1S/C12H16N2O/c1-10-5-4-6-11(15)9-14(10)12-7-2-3-8-13-12/h2-3,7-8,10H,4-6,9H2,1H3/t10-/m1/s1. The second-order valence-electron chi connectivity index (χ2n) is 4.10. The molecule has 0 aliphatic carbocycles. The molecule has 2 heterocycles. The second-order valence-corrected chi connectivity index (χ2v) is 4.10. The van der Waals surface area contributed by atoms with Crippen molar-refractivity contribution in [3.63, 3.8) is 0 Å². The summed E-state index contributed by atoms with van der Waals surface area (Å²) < 4.78 is 0. The lowest BCUT2D eigenvalue weighted by Gasteiger charge is -2.27. The SMILES string of the molecule is C[C@@H]1CCCC(=O)CN1c1ccccn1. The molecule has 0 amide bonds. The summed E-state index contributed by atoms with van der Waals surface area (Å²) in [6, 6.07) is 6.24. The Kier molecular flexibility index (Phi) is 2.99. The Morgan fingerprint density at radius 2 is 2.33 bits per heavy atom. The highest BCUT2D eigenvalue weighted by Gasteiger charge is 2.21. The van der Waals surface area contributed by atoms with Crippen LogP contribution < -0.4 is 4.90 Å². The molecule has 0 unspecified atom stereocenters.